The highest BCUT2D eigenvalue weighted by Crippen LogP contribution is 2.57. The quantitative estimate of drug-likeness (QED) is 0.165. The number of aryl methyl sites for hydroxylation is 1. The molecule has 3 nitrogen and oxygen atoms in total. The van der Waals surface area contributed by atoms with Crippen molar-refractivity contribution >= 4 is 99.7 Å². The van der Waals surface area contributed by atoms with Gasteiger partial charge in [-0.15, -0.1) is 11.3 Å². The molecule has 4 aliphatic rings. The van der Waals surface area contributed by atoms with Crippen molar-refractivity contribution in [1.29, 1.82) is 0 Å². The number of rotatable bonds is 3. The molecule has 2 aromatic heterocycles. The molecule has 8 aromatic carbocycles. The van der Waals surface area contributed by atoms with Crippen LogP contribution < -0.4 is 20.8 Å². The first kappa shape index (κ1) is 42.3. The van der Waals surface area contributed by atoms with Crippen LogP contribution in [0.1, 0.15) is 109 Å². The largest absolute Gasteiger partial charge is 0.466 e. The number of hydrogen-bond acceptors (Lipinski definition) is 4. The monoisotopic (exact) mass is 926 g/mol. The average Bonchev–Trinajstić information content (AvgIpc) is 3.93. The van der Waals surface area contributed by atoms with Crippen LogP contribution in [0.25, 0.3) is 64.2 Å². The molecule has 0 saturated heterocycles. The summed E-state index contributed by atoms with van der Waals surface area (Å²) >= 11 is 1.89. The Morgan fingerprint density at radius 3 is 1.87 bits per heavy atom. The van der Waals surface area contributed by atoms with E-state index in [9.17, 15) is 0 Å². The van der Waals surface area contributed by atoms with Crippen LogP contribution in [0.15, 0.2) is 150 Å². The smallest absolute Gasteiger partial charge is 0.375 e. The minimum Gasteiger partial charge on any atom is -0.466 e. The Morgan fingerprint density at radius 1 is 0.500 bits per heavy atom. The molecule has 0 saturated carbocycles. The van der Waals surface area contributed by atoms with Gasteiger partial charge in [0.25, 0.3) is 0 Å². The van der Waals surface area contributed by atoms with E-state index in [4.69, 9.17) is 4.42 Å². The standard InChI is InChI=1S/C65H59BN2OS/c1-38-32-46-48(64(6,7)30-28-62(46,2)3)36-52(38)67-53-34-41(39-18-11-10-12-19-39)33-45-57-42-21-14-13-20-40(42)26-27-51(57)68(50-23-17-25-56-58(50)43-22-15-16-24-55(43)70-56)66(59(45)53)61-60(67)44-35-47-49(37-54(44)69-61)65(8,9)31-29-63(47,4)5/h10-27,32-37H,28-31H2,1-9H3. The van der Waals surface area contributed by atoms with E-state index in [2.05, 4.69) is 218 Å². The van der Waals surface area contributed by atoms with Crippen LogP contribution in [0, 0.1) is 6.92 Å². The van der Waals surface area contributed by atoms with Gasteiger partial charge < -0.3 is 14.1 Å². The zero-order valence-corrected chi connectivity index (χ0v) is 42.8. The minimum absolute atomic E-state index is 0.0120. The molecule has 0 N–H and O–H groups in total. The number of hydrogen-bond donors (Lipinski definition) is 0. The summed E-state index contributed by atoms with van der Waals surface area (Å²) in [7, 11) is 0. The van der Waals surface area contributed by atoms with Gasteiger partial charge in [0.05, 0.1) is 5.69 Å². The number of benzene rings is 8. The van der Waals surface area contributed by atoms with Crippen LogP contribution in [-0.4, -0.2) is 6.85 Å². The van der Waals surface area contributed by atoms with Crippen molar-refractivity contribution in [2.45, 2.75) is 110 Å². The van der Waals surface area contributed by atoms with E-state index in [1.807, 2.05) is 11.3 Å². The van der Waals surface area contributed by atoms with Crippen LogP contribution in [0.4, 0.5) is 28.4 Å². The first-order valence-corrected chi connectivity index (χ1v) is 26.4. The molecular formula is C65H59BN2OS. The summed E-state index contributed by atoms with van der Waals surface area (Å²) in [6.07, 6.45) is 4.60. The van der Waals surface area contributed by atoms with Crippen LogP contribution in [-0.2, 0) is 21.7 Å². The van der Waals surface area contributed by atoms with Gasteiger partial charge in [0.2, 0.25) is 0 Å². The highest BCUT2D eigenvalue weighted by molar-refractivity contribution is 7.26. The van der Waals surface area contributed by atoms with Gasteiger partial charge in [0.1, 0.15) is 11.2 Å². The second-order valence-electron chi connectivity index (χ2n) is 23.8. The summed E-state index contributed by atoms with van der Waals surface area (Å²) in [5, 5.41) is 6.27. The summed E-state index contributed by atoms with van der Waals surface area (Å²) in [6.45, 7) is 21.7. The zero-order chi connectivity index (χ0) is 47.8. The number of nitrogens with zero attached hydrogens (tertiary/aromatic N) is 2. The van der Waals surface area contributed by atoms with Gasteiger partial charge in [-0.25, -0.2) is 0 Å². The van der Waals surface area contributed by atoms with E-state index in [1.165, 1.54) is 121 Å². The molecule has 0 spiro atoms. The Hall–Kier alpha value is -6.56. The minimum atomic E-state index is -0.280. The Morgan fingerprint density at radius 2 is 1.13 bits per heavy atom. The molecular weight excluding hydrogens is 868 g/mol. The SMILES string of the molecule is Cc1cc2c(cc1N1c3cc(-c4ccccc4)cc4c3B(c3oc5cc6c(cc5c31)C(C)(C)CCC6(C)C)N(c1cccc3sc5ccccc5c13)c1ccc3ccccc3c1-4)C(C)(C)CCC2(C)C. The molecule has 344 valence electrons. The molecule has 0 atom stereocenters. The number of fused-ring (bicyclic) bond motifs is 13. The molecule has 5 heteroatoms. The summed E-state index contributed by atoms with van der Waals surface area (Å²) in [5.41, 5.74) is 21.5. The molecule has 4 heterocycles. The topological polar surface area (TPSA) is 19.6 Å². The van der Waals surface area contributed by atoms with Crippen molar-refractivity contribution in [3.63, 3.8) is 0 Å². The number of thiophene rings is 1. The fourth-order valence-corrected chi connectivity index (χ4v) is 14.6. The van der Waals surface area contributed by atoms with E-state index in [-0.39, 0.29) is 28.5 Å². The Bertz CT molecular complexity index is 3890. The van der Waals surface area contributed by atoms with Crippen LogP contribution in [0.2, 0.25) is 0 Å². The maximum atomic E-state index is 7.82. The molecule has 0 radical (unpaired) electrons. The van der Waals surface area contributed by atoms with Crippen LogP contribution in [0.5, 0.6) is 0 Å². The maximum Gasteiger partial charge on any atom is 0.375 e. The van der Waals surface area contributed by atoms with Crippen molar-refractivity contribution in [3.05, 3.63) is 173 Å². The fourth-order valence-electron chi connectivity index (χ4n) is 13.5. The predicted molar refractivity (Wildman–Crippen MR) is 301 cm³/mol. The lowest BCUT2D eigenvalue weighted by Gasteiger charge is -2.46. The summed E-state index contributed by atoms with van der Waals surface area (Å²) in [4.78, 5) is 5.37. The zero-order valence-electron chi connectivity index (χ0n) is 42.0. The van der Waals surface area contributed by atoms with E-state index < -0.39 is 0 Å². The van der Waals surface area contributed by atoms with E-state index in [0.717, 1.165) is 36.2 Å². The average molecular weight is 927 g/mol. The molecule has 0 fully saturated rings. The summed E-state index contributed by atoms with van der Waals surface area (Å²) in [5.74, 6) is 0. The van der Waals surface area contributed by atoms with Crippen molar-refractivity contribution < 1.29 is 4.42 Å². The van der Waals surface area contributed by atoms with Crippen molar-refractivity contribution in [2.24, 2.45) is 0 Å². The maximum absolute atomic E-state index is 7.82. The fraction of sp³-hybridized carbons (Fsp3) is 0.262. The third-order valence-electron chi connectivity index (χ3n) is 17.7. The lowest BCUT2D eigenvalue weighted by molar-refractivity contribution is 0.332. The van der Waals surface area contributed by atoms with E-state index in [0.29, 0.717) is 0 Å². The highest BCUT2D eigenvalue weighted by Gasteiger charge is 2.51. The summed E-state index contributed by atoms with van der Waals surface area (Å²) < 4.78 is 10.4. The van der Waals surface area contributed by atoms with Crippen LogP contribution in [0.3, 0.4) is 0 Å². The first-order valence-electron chi connectivity index (χ1n) is 25.6. The molecule has 70 heavy (non-hydrogen) atoms. The lowest BCUT2D eigenvalue weighted by Crippen LogP contribution is -2.61. The normalized spacial score (nSPS) is 17.9. The van der Waals surface area contributed by atoms with Crippen molar-refractivity contribution in [1.82, 2.24) is 0 Å². The molecule has 2 aliphatic carbocycles. The molecule has 0 unspecified atom stereocenters. The van der Waals surface area contributed by atoms with Crippen molar-refractivity contribution in [2.75, 3.05) is 9.71 Å². The van der Waals surface area contributed by atoms with Crippen molar-refractivity contribution in [3.8, 4) is 22.3 Å². The van der Waals surface area contributed by atoms with Gasteiger partial charge in [0.15, 0.2) is 0 Å². The van der Waals surface area contributed by atoms with Gasteiger partial charge in [-0.2, -0.15) is 0 Å². The van der Waals surface area contributed by atoms with Crippen LogP contribution >= 0.6 is 11.3 Å². The van der Waals surface area contributed by atoms with Gasteiger partial charge >= 0.3 is 6.85 Å². The third kappa shape index (κ3) is 5.82. The Labute approximate surface area is 416 Å². The number of furan rings is 1. The molecule has 14 rings (SSSR count). The van der Waals surface area contributed by atoms with Gasteiger partial charge in [0, 0.05) is 53.9 Å². The third-order valence-corrected chi connectivity index (χ3v) is 18.8. The second-order valence-corrected chi connectivity index (χ2v) is 24.9. The lowest BCUT2D eigenvalue weighted by atomic mass is 9.45. The first-order chi connectivity index (χ1) is 33.6. The molecule has 10 aromatic rings. The molecule has 0 amide bonds. The Kier molecular flexibility index (Phi) is 8.64. The number of anilines is 5. The van der Waals surface area contributed by atoms with Gasteiger partial charge in [-0.05, 0) is 170 Å². The van der Waals surface area contributed by atoms with E-state index in [1.54, 1.807) is 0 Å². The molecule has 2 aliphatic heterocycles. The summed E-state index contributed by atoms with van der Waals surface area (Å²) in [6, 6.07) is 56.0. The second kappa shape index (κ2) is 14.3. The van der Waals surface area contributed by atoms with E-state index >= 15 is 0 Å². The highest BCUT2D eigenvalue weighted by atomic mass is 32.1. The predicted octanol–water partition coefficient (Wildman–Crippen LogP) is 17.3. The van der Waals surface area contributed by atoms with Gasteiger partial charge in [-0.3, -0.25) is 0 Å². The van der Waals surface area contributed by atoms with Gasteiger partial charge in [-0.1, -0.05) is 146 Å². The Balaban J connectivity index is 1.18. The molecule has 0 bridgehead atoms.